The fraction of sp³-hybridized carbons (Fsp3) is 0.882. The van der Waals surface area contributed by atoms with Crippen LogP contribution >= 0.6 is 0 Å². The van der Waals surface area contributed by atoms with Gasteiger partial charge < -0.3 is 5.32 Å². The molecule has 0 spiro atoms. The Bertz CT molecular complexity index is 320. The van der Waals surface area contributed by atoms with Crippen molar-refractivity contribution in [2.75, 3.05) is 13.6 Å². The Balaban J connectivity index is 0.00000172. The number of aliphatic imine (C=N–C) groups is 2. The minimum Gasteiger partial charge on any atom is -0.333 e. The number of nitrogens with one attached hydrogen (secondary N) is 1. The zero-order valence-corrected chi connectivity index (χ0v) is 14.8. The zero-order valence-electron chi connectivity index (χ0n) is 14.8. The largest absolute Gasteiger partial charge is 0.333 e. The monoisotopic (exact) mass is 281 g/mol. The summed E-state index contributed by atoms with van der Waals surface area (Å²) in [5.41, 5.74) is 0. The maximum atomic E-state index is 4.67. The molecule has 0 aromatic heterocycles. The predicted molar refractivity (Wildman–Crippen MR) is 91.7 cm³/mol. The highest BCUT2D eigenvalue weighted by Crippen LogP contribution is 2.38. The van der Waals surface area contributed by atoms with Crippen molar-refractivity contribution < 1.29 is 0 Å². The van der Waals surface area contributed by atoms with Gasteiger partial charge in [-0.05, 0) is 43.9 Å². The molecule has 1 rings (SSSR count). The molecule has 0 aliphatic heterocycles. The third-order valence-corrected chi connectivity index (χ3v) is 4.72. The van der Waals surface area contributed by atoms with Crippen molar-refractivity contribution in [3.05, 3.63) is 0 Å². The van der Waals surface area contributed by atoms with Crippen molar-refractivity contribution in [2.24, 2.45) is 33.7 Å². The molecule has 4 unspecified atom stereocenters. The fourth-order valence-corrected chi connectivity index (χ4v) is 2.82. The van der Waals surface area contributed by atoms with Crippen LogP contribution < -0.4 is 5.32 Å². The maximum Gasteiger partial charge on any atom is 0.0984 e. The van der Waals surface area contributed by atoms with Gasteiger partial charge in [0.15, 0.2) is 0 Å². The lowest BCUT2D eigenvalue weighted by Gasteiger charge is -2.37. The third kappa shape index (κ3) is 6.06. The van der Waals surface area contributed by atoms with Gasteiger partial charge in [-0.25, -0.2) is 0 Å². The van der Waals surface area contributed by atoms with Gasteiger partial charge in [0.1, 0.15) is 0 Å². The normalized spacial score (nSPS) is 31.4. The van der Waals surface area contributed by atoms with Crippen molar-refractivity contribution in [3.8, 4) is 0 Å². The molecule has 1 aliphatic carbocycles. The van der Waals surface area contributed by atoms with E-state index in [4.69, 9.17) is 0 Å². The molecule has 0 heterocycles. The molecule has 1 fully saturated rings. The Morgan fingerprint density at radius 1 is 1.00 bits per heavy atom. The lowest BCUT2D eigenvalue weighted by molar-refractivity contribution is 0.131. The standard InChI is InChI=1S/C15H29N3.C2H6/c1-10-7-8-15(12(3)11(10)2)9-17-14(5)18-13(4)16-6;1-2/h10-12,15H,7-9H2,1-6H3,(H,16,17,18);1-2H3. The van der Waals surface area contributed by atoms with Crippen LogP contribution in [0.15, 0.2) is 9.98 Å². The number of rotatable bonds is 2. The lowest BCUT2D eigenvalue weighted by atomic mass is 9.69. The quantitative estimate of drug-likeness (QED) is 0.591. The Morgan fingerprint density at radius 2 is 1.60 bits per heavy atom. The Morgan fingerprint density at radius 3 is 2.15 bits per heavy atom. The third-order valence-electron chi connectivity index (χ3n) is 4.72. The highest BCUT2D eigenvalue weighted by atomic mass is 15.0. The van der Waals surface area contributed by atoms with E-state index in [1.165, 1.54) is 12.8 Å². The average molecular weight is 281 g/mol. The van der Waals surface area contributed by atoms with Gasteiger partial charge in [0.2, 0.25) is 0 Å². The topological polar surface area (TPSA) is 36.8 Å². The number of hydrogen-bond donors (Lipinski definition) is 1. The van der Waals surface area contributed by atoms with Gasteiger partial charge in [-0.1, -0.05) is 41.0 Å². The molecule has 0 aromatic rings. The van der Waals surface area contributed by atoms with E-state index in [9.17, 15) is 0 Å². The van der Waals surface area contributed by atoms with Crippen LogP contribution in [0.4, 0.5) is 0 Å². The number of nitrogens with zero attached hydrogens (tertiary/aromatic N) is 2. The molecule has 4 atom stereocenters. The van der Waals surface area contributed by atoms with Crippen LogP contribution in [0, 0.1) is 23.7 Å². The lowest BCUT2D eigenvalue weighted by Crippen LogP contribution is -2.32. The highest BCUT2D eigenvalue weighted by molar-refractivity contribution is 5.98. The fourth-order valence-electron chi connectivity index (χ4n) is 2.82. The first-order valence-electron chi connectivity index (χ1n) is 8.17. The molecule has 3 heteroatoms. The smallest absolute Gasteiger partial charge is 0.0984 e. The Labute approximate surface area is 126 Å². The molecule has 20 heavy (non-hydrogen) atoms. The van der Waals surface area contributed by atoms with Gasteiger partial charge in [-0.15, -0.1) is 0 Å². The molecule has 0 bridgehead atoms. The summed E-state index contributed by atoms with van der Waals surface area (Å²) in [5.74, 6) is 5.13. The molecule has 0 radical (unpaired) electrons. The molecule has 1 aliphatic rings. The van der Waals surface area contributed by atoms with Gasteiger partial charge in [0, 0.05) is 13.6 Å². The second kappa shape index (κ2) is 9.95. The van der Waals surface area contributed by atoms with Crippen LogP contribution in [0.2, 0.25) is 0 Å². The van der Waals surface area contributed by atoms with Crippen molar-refractivity contribution in [2.45, 2.75) is 61.3 Å². The van der Waals surface area contributed by atoms with Crippen LogP contribution in [0.3, 0.4) is 0 Å². The minimum absolute atomic E-state index is 0.742. The highest BCUT2D eigenvalue weighted by Gasteiger charge is 2.31. The van der Waals surface area contributed by atoms with E-state index in [1.807, 2.05) is 27.7 Å². The van der Waals surface area contributed by atoms with Crippen molar-refractivity contribution in [3.63, 3.8) is 0 Å². The molecular formula is C17H35N3. The summed E-state index contributed by atoms with van der Waals surface area (Å²) in [7, 11) is 1.79. The van der Waals surface area contributed by atoms with Crippen LogP contribution in [0.1, 0.15) is 61.3 Å². The summed E-state index contributed by atoms with van der Waals surface area (Å²) in [6, 6.07) is 0. The van der Waals surface area contributed by atoms with E-state index in [2.05, 4.69) is 36.1 Å². The summed E-state index contributed by atoms with van der Waals surface area (Å²) in [6.45, 7) is 16.1. The van der Waals surface area contributed by atoms with Crippen LogP contribution in [0.25, 0.3) is 0 Å². The average Bonchev–Trinajstić information content (AvgIpc) is 2.46. The number of amidine groups is 2. The number of hydrogen-bond acceptors (Lipinski definition) is 2. The second-order valence-corrected chi connectivity index (χ2v) is 5.89. The summed E-state index contributed by atoms with van der Waals surface area (Å²) >= 11 is 0. The van der Waals surface area contributed by atoms with Gasteiger partial charge in [-0.2, -0.15) is 0 Å². The first-order valence-corrected chi connectivity index (χ1v) is 8.17. The van der Waals surface area contributed by atoms with E-state index in [1.54, 1.807) is 7.05 Å². The second-order valence-electron chi connectivity index (χ2n) is 5.89. The molecule has 1 N–H and O–H groups in total. The van der Waals surface area contributed by atoms with Gasteiger partial charge in [-0.3, -0.25) is 9.98 Å². The molecule has 3 nitrogen and oxygen atoms in total. The van der Waals surface area contributed by atoms with Crippen LogP contribution in [-0.2, 0) is 0 Å². The van der Waals surface area contributed by atoms with E-state index in [0.29, 0.717) is 0 Å². The van der Waals surface area contributed by atoms with Gasteiger partial charge in [0.25, 0.3) is 0 Å². The van der Waals surface area contributed by atoms with E-state index in [-0.39, 0.29) is 0 Å². The molecular weight excluding hydrogens is 246 g/mol. The molecule has 1 saturated carbocycles. The van der Waals surface area contributed by atoms with Gasteiger partial charge >= 0.3 is 0 Å². The summed E-state index contributed by atoms with van der Waals surface area (Å²) < 4.78 is 0. The van der Waals surface area contributed by atoms with Crippen LogP contribution in [-0.4, -0.2) is 25.3 Å². The maximum absolute atomic E-state index is 4.67. The first kappa shape index (κ1) is 19.1. The van der Waals surface area contributed by atoms with Crippen molar-refractivity contribution in [1.82, 2.24) is 5.32 Å². The van der Waals surface area contributed by atoms with Crippen molar-refractivity contribution in [1.29, 1.82) is 0 Å². The van der Waals surface area contributed by atoms with Gasteiger partial charge in [0.05, 0.1) is 11.7 Å². The van der Waals surface area contributed by atoms with Crippen LogP contribution in [0.5, 0.6) is 0 Å². The minimum atomic E-state index is 0.742. The van der Waals surface area contributed by atoms with E-state index >= 15 is 0 Å². The Hall–Kier alpha value is -0.860. The zero-order chi connectivity index (χ0) is 15.7. The first-order chi connectivity index (χ1) is 9.45. The van der Waals surface area contributed by atoms with Crippen molar-refractivity contribution >= 4 is 11.7 Å². The SMILES string of the molecule is CC.CN=C(C)NC(C)=NCC1CCC(C)C(C)C1C. The molecule has 0 amide bonds. The summed E-state index contributed by atoms with van der Waals surface area (Å²) in [5, 5.41) is 3.20. The van der Waals surface area contributed by atoms with E-state index < -0.39 is 0 Å². The summed E-state index contributed by atoms with van der Waals surface area (Å²) in [4.78, 5) is 8.76. The molecule has 0 saturated heterocycles. The summed E-state index contributed by atoms with van der Waals surface area (Å²) in [6.07, 6.45) is 2.68. The Kier molecular flexibility index (Phi) is 9.52. The van der Waals surface area contributed by atoms with E-state index in [0.717, 1.165) is 41.9 Å². The molecule has 0 aromatic carbocycles. The molecule has 118 valence electrons. The predicted octanol–water partition coefficient (Wildman–Crippen LogP) is 4.39.